The number of ether oxygens (including phenoxy) is 2. The van der Waals surface area contributed by atoms with Crippen molar-refractivity contribution in [3.8, 4) is 5.75 Å². The van der Waals surface area contributed by atoms with Crippen molar-refractivity contribution in [3.05, 3.63) is 29.3 Å². The Labute approximate surface area is 118 Å². The molecule has 2 rings (SSSR count). The number of rotatable bonds is 4. The van der Waals surface area contributed by atoms with E-state index >= 15 is 0 Å². The highest BCUT2D eigenvalue weighted by Gasteiger charge is 2.20. The summed E-state index contributed by atoms with van der Waals surface area (Å²) in [7, 11) is 0. The van der Waals surface area contributed by atoms with E-state index in [9.17, 15) is 4.79 Å². The maximum atomic E-state index is 11.7. The molecule has 5 heteroatoms. The lowest BCUT2D eigenvalue weighted by Crippen LogP contribution is -2.44. The van der Waals surface area contributed by atoms with E-state index in [1.807, 2.05) is 6.92 Å². The van der Waals surface area contributed by atoms with Crippen LogP contribution < -0.4 is 10.1 Å². The van der Waals surface area contributed by atoms with Gasteiger partial charge in [-0.15, -0.1) is 0 Å². The topological polar surface area (TPSA) is 47.6 Å². The second kappa shape index (κ2) is 6.78. The summed E-state index contributed by atoms with van der Waals surface area (Å²) in [5.41, 5.74) is 0. The van der Waals surface area contributed by atoms with Crippen molar-refractivity contribution in [2.45, 2.75) is 31.9 Å². The minimum atomic E-state index is -0.127. The molecule has 104 valence electrons. The fourth-order valence-electron chi connectivity index (χ4n) is 1.95. The summed E-state index contributed by atoms with van der Waals surface area (Å²) in [6.07, 6.45) is 2.22. The Hall–Kier alpha value is -1.26. The smallest absolute Gasteiger partial charge is 0.258 e. The van der Waals surface area contributed by atoms with Crippen molar-refractivity contribution in [1.29, 1.82) is 0 Å². The summed E-state index contributed by atoms with van der Waals surface area (Å²) in [4.78, 5) is 11.7. The van der Waals surface area contributed by atoms with Gasteiger partial charge >= 0.3 is 0 Å². The van der Waals surface area contributed by atoms with E-state index in [-0.39, 0.29) is 18.6 Å². The highest BCUT2D eigenvalue weighted by atomic mass is 35.5. The Kier molecular flexibility index (Phi) is 5.05. The van der Waals surface area contributed by atoms with Crippen LogP contribution in [0.5, 0.6) is 5.75 Å². The van der Waals surface area contributed by atoms with Crippen LogP contribution in [0.1, 0.15) is 19.8 Å². The summed E-state index contributed by atoms with van der Waals surface area (Å²) in [6, 6.07) is 7.02. The largest absolute Gasteiger partial charge is 0.484 e. The molecule has 0 unspecified atom stereocenters. The van der Waals surface area contributed by atoms with E-state index in [0.717, 1.165) is 12.8 Å². The minimum absolute atomic E-state index is 0.00762. The fraction of sp³-hybridized carbons (Fsp3) is 0.500. The molecule has 1 fully saturated rings. The molecule has 4 nitrogen and oxygen atoms in total. The predicted octanol–water partition coefficient (Wildman–Crippen LogP) is 2.40. The lowest BCUT2D eigenvalue weighted by molar-refractivity contribution is -0.125. The van der Waals surface area contributed by atoms with Gasteiger partial charge < -0.3 is 14.8 Å². The van der Waals surface area contributed by atoms with Crippen molar-refractivity contribution in [2.75, 3.05) is 13.2 Å². The van der Waals surface area contributed by atoms with Crippen LogP contribution in [0.2, 0.25) is 5.02 Å². The second-order valence-corrected chi connectivity index (χ2v) is 5.16. The lowest BCUT2D eigenvalue weighted by Gasteiger charge is -2.27. The zero-order valence-corrected chi connectivity index (χ0v) is 11.7. The number of halogens is 1. The molecule has 0 saturated carbocycles. The van der Waals surface area contributed by atoms with Crippen molar-refractivity contribution >= 4 is 17.5 Å². The molecule has 0 spiro atoms. The molecule has 0 radical (unpaired) electrons. The summed E-state index contributed by atoms with van der Waals surface area (Å²) < 4.78 is 10.9. The van der Waals surface area contributed by atoms with Gasteiger partial charge in [0.15, 0.2) is 6.61 Å². The first-order chi connectivity index (χ1) is 9.13. The van der Waals surface area contributed by atoms with Gasteiger partial charge in [-0.05, 0) is 44.0 Å². The van der Waals surface area contributed by atoms with Crippen LogP contribution in [0.4, 0.5) is 0 Å². The third kappa shape index (κ3) is 4.73. The molecule has 1 aliphatic rings. The Morgan fingerprint density at radius 2 is 2.16 bits per heavy atom. The molecule has 0 bridgehead atoms. The zero-order chi connectivity index (χ0) is 13.7. The molecule has 1 saturated heterocycles. The molecule has 0 aromatic heterocycles. The van der Waals surface area contributed by atoms with Crippen LogP contribution in [-0.4, -0.2) is 31.3 Å². The molecule has 1 heterocycles. The summed E-state index contributed by atoms with van der Waals surface area (Å²) in [5, 5.41) is 3.55. The number of benzene rings is 1. The van der Waals surface area contributed by atoms with Gasteiger partial charge in [0.05, 0.1) is 18.8 Å². The highest BCUT2D eigenvalue weighted by Crippen LogP contribution is 2.15. The van der Waals surface area contributed by atoms with Crippen molar-refractivity contribution in [2.24, 2.45) is 0 Å². The van der Waals surface area contributed by atoms with Crippen LogP contribution >= 0.6 is 11.6 Å². The molecule has 2 atom stereocenters. The molecule has 0 aliphatic carbocycles. The third-order valence-electron chi connectivity index (χ3n) is 3.05. The maximum Gasteiger partial charge on any atom is 0.258 e. The Bertz CT molecular complexity index is 413. The Morgan fingerprint density at radius 1 is 1.42 bits per heavy atom. The van der Waals surface area contributed by atoms with E-state index in [2.05, 4.69) is 5.32 Å². The van der Waals surface area contributed by atoms with Gasteiger partial charge in [0.25, 0.3) is 5.91 Å². The molecule has 1 aromatic carbocycles. The fourth-order valence-corrected chi connectivity index (χ4v) is 2.07. The number of nitrogens with one attached hydrogen (secondary N) is 1. The van der Waals surface area contributed by atoms with Gasteiger partial charge in [0.2, 0.25) is 0 Å². The maximum absolute atomic E-state index is 11.7. The number of carbonyl (C=O) groups excluding carboxylic acids is 1. The Morgan fingerprint density at radius 3 is 2.79 bits per heavy atom. The first-order valence-corrected chi connectivity index (χ1v) is 6.80. The average Bonchev–Trinajstić information content (AvgIpc) is 2.41. The first-order valence-electron chi connectivity index (χ1n) is 6.43. The van der Waals surface area contributed by atoms with Gasteiger partial charge in [-0.1, -0.05) is 11.6 Å². The van der Waals surface area contributed by atoms with Gasteiger partial charge in [-0.2, -0.15) is 0 Å². The molecule has 1 aliphatic heterocycles. The SMILES string of the molecule is C[C@@H]1CC[C@@H](NC(=O)COc2ccc(Cl)cc2)CO1. The lowest BCUT2D eigenvalue weighted by atomic mass is 10.1. The van der Waals surface area contributed by atoms with E-state index < -0.39 is 0 Å². The quantitative estimate of drug-likeness (QED) is 0.923. The molecule has 1 amide bonds. The standard InChI is InChI=1S/C14H18ClNO3/c1-10-2-5-12(8-18-10)16-14(17)9-19-13-6-3-11(15)4-7-13/h3-4,6-7,10,12H,2,5,8-9H2,1H3,(H,16,17)/t10-,12-/m1/s1. The monoisotopic (exact) mass is 283 g/mol. The summed E-state index contributed by atoms with van der Waals surface area (Å²) in [6.45, 7) is 2.63. The first kappa shape index (κ1) is 14.2. The van der Waals surface area contributed by atoms with E-state index in [4.69, 9.17) is 21.1 Å². The van der Waals surface area contributed by atoms with E-state index in [1.54, 1.807) is 24.3 Å². The third-order valence-corrected chi connectivity index (χ3v) is 3.30. The molecule has 1 N–H and O–H groups in total. The molecule has 19 heavy (non-hydrogen) atoms. The van der Waals surface area contributed by atoms with E-state index in [0.29, 0.717) is 23.5 Å². The number of carbonyl (C=O) groups is 1. The van der Waals surface area contributed by atoms with Gasteiger partial charge in [0, 0.05) is 5.02 Å². The molecule has 1 aromatic rings. The zero-order valence-electron chi connectivity index (χ0n) is 10.9. The van der Waals surface area contributed by atoms with Crippen molar-refractivity contribution < 1.29 is 14.3 Å². The Balaban J connectivity index is 1.71. The highest BCUT2D eigenvalue weighted by molar-refractivity contribution is 6.30. The van der Waals surface area contributed by atoms with E-state index in [1.165, 1.54) is 0 Å². The van der Waals surface area contributed by atoms with Crippen molar-refractivity contribution in [1.82, 2.24) is 5.32 Å². The molecular formula is C14H18ClNO3. The number of amides is 1. The summed E-state index contributed by atoms with van der Waals surface area (Å²) in [5.74, 6) is 0.506. The van der Waals surface area contributed by atoms with Gasteiger partial charge in [-0.3, -0.25) is 4.79 Å². The van der Waals surface area contributed by atoms with Crippen molar-refractivity contribution in [3.63, 3.8) is 0 Å². The van der Waals surface area contributed by atoms with Crippen LogP contribution in [-0.2, 0) is 9.53 Å². The minimum Gasteiger partial charge on any atom is -0.484 e. The number of hydrogen-bond donors (Lipinski definition) is 1. The second-order valence-electron chi connectivity index (χ2n) is 4.73. The van der Waals surface area contributed by atoms with Gasteiger partial charge in [-0.25, -0.2) is 0 Å². The average molecular weight is 284 g/mol. The van der Waals surface area contributed by atoms with Crippen LogP contribution in [0, 0.1) is 0 Å². The normalized spacial score (nSPS) is 22.8. The van der Waals surface area contributed by atoms with Crippen LogP contribution in [0.3, 0.4) is 0 Å². The number of hydrogen-bond acceptors (Lipinski definition) is 3. The van der Waals surface area contributed by atoms with Gasteiger partial charge in [0.1, 0.15) is 5.75 Å². The van der Waals surface area contributed by atoms with Crippen LogP contribution in [0.15, 0.2) is 24.3 Å². The van der Waals surface area contributed by atoms with Crippen LogP contribution in [0.25, 0.3) is 0 Å². The predicted molar refractivity (Wildman–Crippen MR) is 73.5 cm³/mol. The molecular weight excluding hydrogens is 266 g/mol. The summed E-state index contributed by atoms with van der Waals surface area (Å²) >= 11 is 5.77.